The quantitative estimate of drug-likeness (QED) is 0.633. The van der Waals surface area contributed by atoms with Crippen LogP contribution in [0.1, 0.15) is 53.0 Å². The van der Waals surface area contributed by atoms with Crippen LogP contribution in [0.5, 0.6) is 0 Å². The number of piperidine rings is 1. The number of carbonyl (C=O) groups excluding carboxylic acids is 4. The Morgan fingerprint density at radius 1 is 1.23 bits per heavy atom. The van der Waals surface area contributed by atoms with E-state index in [0.29, 0.717) is 17.7 Å². The van der Waals surface area contributed by atoms with Crippen molar-refractivity contribution in [2.45, 2.75) is 51.4 Å². The summed E-state index contributed by atoms with van der Waals surface area (Å²) in [7, 11) is 0. The first kappa shape index (κ1) is 18.2. The zero-order valence-electron chi connectivity index (χ0n) is 14.7. The van der Waals surface area contributed by atoms with Crippen LogP contribution >= 0.6 is 0 Å². The molecule has 26 heavy (non-hydrogen) atoms. The van der Waals surface area contributed by atoms with Crippen LogP contribution in [0.4, 0.5) is 0 Å². The molecule has 3 atom stereocenters. The fourth-order valence-corrected chi connectivity index (χ4v) is 3.19. The number of hydrogen-bond acceptors (Lipinski definition) is 6. The number of amides is 4. The average molecular weight is 358 g/mol. The highest BCUT2D eigenvalue weighted by Gasteiger charge is 2.45. The first-order chi connectivity index (χ1) is 12.3. The zero-order chi connectivity index (χ0) is 19.0. The van der Waals surface area contributed by atoms with Crippen LogP contribution in [0, 0.1) is 0 Å². The summed E-state index contributed by atoms with van der Waals surface area (Å²) in [5, 5.41) is 5.43. The third kappa shape index (κ3) is 3.13. The lowest BCUT2D eigenvalue weighted by atomic mass is 10.0. The first-order valence-electron chi connectivity index (χ1n) is 8.63. The van der Waals surface area contributed by atoms with Crippen LogP contribution in [-0.4, -0.2) is 46.7 Å². The van der Waals surface area contributed by atoms with Crippen molar-refractivity contribution in [1.29, 1.82) is 0 Å². The lowest BCUT2D eigenvalue weighted by molar-refractivity contribution is -0.136. The van der Waals surface area contributed by atoms with Gasteiger partial charge in [-0.3, -0.25) is 29.4 Å². The summed E-state index contributed by atoms with van der Waals surface area (Å²) < 4.78 is 0. The number of nitrogens with one attached hydrogen (secondary N) is 2. The molecule has 1 saturated heterocycles. The SMILES string of the molecule is C[C@H](NCc1cccc2c1C(=O)N(C1CCC(=O)NC1=O)C2=O)[C@@H](C)N. The molecule has 0 aromatic heterocycles. The number of fused-ring (bicyclic) bond motifs is 1. The van der Waals surface area contributed by atoms with E-state index in [1.54, 1.807) is 18.2 Å². The van der Waals surface area contributed by atoms with Gasteiger partial charge in [0.25, 0.3) is 11.8 Å². The summed E-state index contributed by atoms with van der Waals surface area (Å²) >= 11 is 0. The van der Waals surface area contributed by atoms with Gasteiger partial charge < -0.3 is 11.1 Å². The molecule has 1 fully saturated rings. The molecule has 4 amide bonds. The Kier molecular flexibility index (Phi) is 4.88. The molecular formula is C18H22N4O4. The molecule has 0 radical (unpaired) electrons. The number of carbonyl (C=O) groups is 4. The van der Waals surface area contributed by atoms with Gasteiger partial charge in [-0.25, -0.2) is 0 Å². The van der Waals surface area contributed by atoms with E-state index in [9.17, 15) is 19.2 Å². The second kappa shape index (κ2) is 6.97. The van der Waals surface area contributed by atoms with E-state index in [0.717, 1.165) is 4.90 Å². The fourth-order valence-electron chi connectivity index (χ4n) is 3.19. The van der Waals surface area contributed by atoms with Gasteiger partial charge in [0.15, 0.2) is 0 Å². The van der Waals surface area contributed by atoms with Crippen molar-refractivity contribution in [2.75, 3.05) is 0 Å². The van der Waals surface area contributed by atoms with Crippen LogP contribution in [0.25, 0.3) is 0 Å². The Bertz CT molecular complexity index is 789. The molecule has 2 heterocycles. The number of hydrogen-bond donors (Lipinski definition) is 3. The van der Waals surface area contributed by atoms with Gasteiger partial charge in [-0.2, -0.15) is 0 Å². The summed E-state index contributed by atoms with van der Waals surface area (Å²) in [6, 6.07) is 4.09. The molecule has 0 spiro atoms. The van der Waals surface area contributed by atoms with E-state index in [4.69, 9.17) is 5.73 Å². The summed E-state index contributed by atoms with van der Waals surface area (Å²) in [4.78, 5) is 50.1. The third-order valence-electron chi connectivity index (χ3n) is 4.96. The third-order valence-corrected chi connectivity index (χ3v) is 4.96. The van der Waals surface area contributed by atoms with Crippen LogP contribution < -0.4 is 16.4 Å². The van der Waals surface area contributed by atoms with Crippen molar-refractivity contribution in [3.8, 4) is 0 Å². The van der Waals surface area contributed by atoms with Crippen LogP contribution in [0.3, 0.4) is 0 Å². The number of rotatable bonds is 5. The van der Waals surface area contributed by atoms with E-state index < -0.39 is 29.7 Å². The standard InChI is InChI=1S/C18H22N4O4/c1-9(19)10(2)20-8-11-4-3-5-12-15(11)18(26)22(17(12)25)13-6-7-14(23)21-16(13)24/h3-5,9-10,13,20H,6-8,19H2,1-2H3,(H,21,23,24)/t9-,10+,13?/m1/s1. The lowest BCUT2D eigenvalue weighted by Gasteiger charge is -2.27. The second-order valence-corrected chi connectivity index (χ2v) is 6.82. The van der Waals surface area contributed by atoms with E-state index in [2.05, 4.69) is 10.6 Å². The molecule has 2 aliphatic rings. The average Bonchev–Trinajstić information content (AvgIpc) is 2.85. The fraction of sp³-hybridized carbons (Fsp3) is 0.444. The largest absolute Gasteiger partial charge is 0.327 e. The van der Waals surface area contributed by atoms with Crippen LogP contribution in [0.2, 0.25) is 0 Å². The van der Waals surface area contributed by atoms with E-state index >= 15 is 0 Å². The van der Waals surface area contributed by atoms with Crippen molar-refractivity contribution in [2.24, 2.45) is 5.73 Å². The topological polar surface area (TPSA) is 122 Å². The second-order valence-electron chi connectivity index (χ2n) is 6.82. The van der Waals surface area contributed by atoms with Crippen molar-refractivity contribution in [3.05, 3.63) is 34.9 Å². The molecule has 0 aliphatic carbocycles. The van der Waals surface area contributed by atoms with Gasteiger partial charge in [0.2, 0.25) is 11.8 Å². The summed E-state index contributed by atoms with van der Waals surface area (Å²) in [6.45, 7) is 4.21. The van der Waals surface area contributed by atoms with E-state index in [-0.39, 0.29) is 30.5 Å². The van der Waals surface area contributed by atoms with Crippen LogP contribution in [-0.2, 0) is 16.1 Å². The van der Waals surface area contributed by atoms with Gasteiger partial charge in [-0.15, -0.1) is 0 Å². The number of nitrogens with zero attached hydrogens (tertiary/aromatic N) is 1. The molecule has 8 nitrogen and oxygen atoms in total. The minimum atomic E-state index is -0.955. The molecule has 1 unspecified atom stereocenters. The monoisotopic (exact) mass is 358 g/mol. The van der Waals surface area contributed by atoms with Crippen LogP contribution in [0.15, 0.2) is 18.2 Å². The maximum absolute atomic E-state index is 12.9. The molecule has 0 saturated carbocycles. The maximum Gasteiger partial charge on any atom is 0.262 e. The summed E-state index contributed by atoms with van der Waals surface area (Å²) in [5.41, 5.74) is 7.12. The molecule has 3 rings (SSSR count). The van der Waals surface area contributed by atoms with Crippen molar-refractivity contribution < 1.29 is 19.2 Å². The predicted molar refractivity (Wildman–Crippen MR) is 93.1 cm³/mol. The molecule has 1 aromatic carbocycles. The molecule has 2 aliphatic heterocycles. The van der Waals surface area contributed by atoms with Gasteiger partial charge in [-0.05, 0) is 31.9 Å². The van der Waals surface area contributed by atoms with Gasteiger partial charge in [0.05, 0.1) is 11.1 Å². The predicted octanol–water partition coefficient (Wildman–Crippen LogP) is -0.0869. The Hall–Kier alpha value is -2.58. The van der Waals surface area contributed by atoms with Crippen molar-refractivity contribution in [1.82, 2.24) is 15.5 Å². The molecule has 8 heteroatoms. The Labute approximate surface area is 151 Å². The molecule has 138 valence electrons. The Morgan fingerprint density at radius 3 is 2.62 bits per heavy atom. The molecule has 1 aromatic rings. The summed E-state index contributed by atoms with van der Waals surface area (Å²) in [6.07, 6.45) is 0.246. The minimum Gasteiger partial charge on any atom is -0.327 e. The zero-order valence-corrected chi connectivity index (χ0v) is 14.7. The van der Waals surface area contributed by atoms with Crippen molar-refractivity contribution in [3.63, 3.8) is 0 Å². The Morgan fingerprint density at radius 2 is 1.96 bits per heavy atom. The maximum atomic E-state index is 12.9. The Balaban J connectivity index is 1.87. The van der Waals surface area contributed by atoms with Gasteiger partial charge in [0, 0.05) is 25.0 Å². The van der Waals surface area contributed by atoms with E-state index in [1.165, 1.54) is 0 Å². The lowest BCUT2D eigenvalue weighted by Crippen LogP contribution is -2.54. The molecule has 4 N–H and O–H groups in total. The molecular weight excluding hydrogens is 336 g/mol. The number of imide groups is 2. The number of benzene rings is 1. The van der Waals surface area contributed by atoms with E-state index in [1.807, 2.05) is 13.8 Å². The smallest absolute Gasteiger partial charge is 0.262 e. The highest BCUT2D eigenvalue weighted by Crippen LogP contribution is 2.29. The number of nitrogens with two attached hydrogens (primary N) is 1. The first-order valence-corrected chi connectivity index (χ1v) is 8.63. The normalized spacial score (nSPS) is 22.3. The minimum absolute atomic E-state index is 0.0318. The highest BCUT2D eigenvalue weighted by molar-refractivity contribution is 6.24. The highest BCUT2D eigenvalue weighted by atomic mass is 16.2. The van der Waals surface area contributed by atoms with Crippen molar-refractivity contribution >= 4 is 23.6 Å². The molecule has 0 bridgehead atoms. The van der Waals surface area contributed by atoms with Gasteiger partial charge in [0.1, 0.15) is 6.04 Å². The van der Waals surface area contributed by atoms with Gasteiger partial charge >= 0.3 is 0 Å². The van der Waals surface area contributed by atoms with Gasteiger partial charge in [-0.1, -0.05) is 12.1 Å². The summed E-state index contributed by atoms with van der Waals surface area (Å²) in [5.74, 6) is -1.99.